The molecule has 0 aliphatic rings. The molecule has 0 aliphatic heterocycles. The molecule has 4 heteroatoms. The summed E-state index contributed by atoms with van der Waals surface area (Å²) in [6.45, 7) is 2.10. The van der Waals surface area contributed by atoms with E-state index in [1.54, 1.807) is 11.3 Å². The number of para-hydroxylation sites is 1. The Bertz CT molecular complexity index is 951. The highest BCUT2D eigenvalue weighted by molar-refractivity contribution is 7.13. The van der Waals surface area contributed by atoms with E-state index in [0.717, 1.165) is 32.5 Å². The van der Waals surface area contributed by atoms with Gasteiger partial charge in [0.15, 0.2) is 0 Å². The molecular weight excluding hydrogens is 312 g/mol. The van der Waals surface area contributed by atoms with Gasteiger partial charge in [-0.1, -0.05) is 41.9 Å². The number of aromatic nitrogens is 2. The van der Waals surface area contributed by atoms with E-state index in [9.17, 15) is 0 Å². The number of rotatable bonds is 2. The molecule has 2 aromatic heterocycles. The average Bonchev–Trinajstić information content (AvgIpc) is 3.11. The minimum Gasteiger partial charge on any atom is -0.358 e. The summed E-state index contributed by atoms with van der Waals surface area (Å²) in [6, 6.07) is 16.1. The fourth-order valence-electron chi connectivity index (χ4n) is 2.69. The second kappa shape index (κ2) is 5.27. The number of nitrogens with zero attached hydrogens (tertiary/aromatic N) is 1. The number of fused-ring (bicyclic) bond motifs is 1. The number of thiazole rings is 1. The maximum Gasteiger partial charge on any atom is 0.126 e. The van der Waals surface area contributed by atoms with Crippen molar-refractivity contribution in [1.29, 1.82) is 0 Å². The van der Waals surface area contributed by atoms with Gasteiger partial charge in [0.1, 0.15) is 5.01 Å². The van der Waals surface area contributed by atoms with Gasteiger partial charge in [-0.05, 0) is 25.1 Å². The highest BCUT2D eigenvalue weighted by atomic mass is 35.5. The van der Waals surface area contributed by atoms with E-state index in [0.29, 0.717) is 0 Å². The molecular formula is C18H13ClN2S. The summed E-state index contributed by atoms with van der Waals surface area (Å²) in [5.41, 5.74) is 5.57. The first-order valence-electron chi connectivity index (χ1n) is 7.01. The molecule has 4 rings (SSSR count). The van der Waals surface area contributed by atoms with Crippen LogP contribution >= 0.6 is 22.9 Å². The lowest BCUT2D eigenvalue weighted by Gasteiger charge is -1.98. The Hall–Kier alpha value is -2.10. The van der Waals surface area contributed by atoms with E-state index in [1.807, 2.05) is 30.3 Å². The lowest BCUT2D eigenvalue weighted by Crippen LogP contribution is -1.81. The minimum atomic E-state index is 0.742. The van der Waals surface area contributed by atoms with E-state index < -0.39 is 0 Å². The molecule has 22 heavy (non-hydrogen) atoms. The molecule has 0 bridgehead atoms. The van der Waals surface area contributed by atoms with Crippen molar-refractivity contribution in [2.24, 2.45) is 0 Å². The van der Waals surface area contributed by atoms with Crippen molar-refractivity contribution in [2.75, 3.05) is 0 Å². The zero-order valence-corrected chi connectivity index (χ0v) is 13.5. The molecule has 0 spiro atoms. The second-order valence-corrected chi connectivity index (χ2v) is 6.51. The highest BCUT2D eigenvalue weighted by Gasteiger charge is 2.14. The molecule has 2 aromatic carbocycles. The van der Waals surface area contributed by atoms with E-state index in [2.05, 4.69) is 35.5 Å². The number of nitrogens with one attached hydrogen (secondary N) is 1. The predicted octanol–water partition coefficient (Wildman–Crippen LogP) is 5.92. The van der Waals surface area contributed by atoms with Crippen LogP contribution in [0.2, 0.25) is 5.02 Å². The topological polar surface area (TPSA) is 28.7 Å². The summed E-state index contributed by atoms with van der Waals surface area (Å²) in [5.74, 6) is 0. The van der Waals surface area contributed by atoms with Crippen LogP contribution in [0, 0.1) is 6.92 Å². The molecule has 0 saturated carbocycles. The number of aromatic amines is 1. The van der Waals surface area contributed by atoms with Crippen molar-refractivity contribution in [3.63, 3.8) is 0 Å². The van der Waals surface area contributed by atoms with E-state index in [4.69, 9.17) is 16.6 Å². The van der Waals surface area contributed by atoms with Gasteiger partial charge in [-0.3, -0.25) is 0 Å². The summed E-state index contributed by atoms with van der Waals surface area (Å²) < 4.78 is 0. The van der Waals surface area contributed by atoms with Crippen LogP contribution in [0.4, 0.5) is 0 Å². The number of aryl methyl sites for hydroxylation is 1. The van der Waals surface area contributed by atoms with Crippen LogP contribution in [-0.2, 0) is 0 Å². The SMILES string of the molecule is Cc1[nH]c2ccccc2c1-c1nc(-c2ccc(Cl)cc2)cs1. The predicted molar refractivity (Wildman–Crippen MR) is 94.6 cm³/mol. The summed E-state index contributed by atoms with van der Waals surface area (Å²) in [7, 11) is 0. The normalized spacial score (nSPS) is 11.2. The lowest BCUT2D eigenvalue weighted by molar-refractivity contribution is 1.29. The molecule has 0 radical (unpaired) electrons. The van der Waals surface area contributed by atoms with Gasteiger partial charge in [0.25, 0.3) is 0 Å². The molecule has 4 aromatic rings. The third kappa shape index (κ3) is 2.23. The Morgan fingerprint density at radius 3 is 2.64 bits per heavy atom. The van der Waals surface area contributed by atoms with Gasteiger partial charge >= 0.3 is 0 Å². The van der Waals surface area contributed by atoms with Crippen LogP contribution in [0.3, 0.4) is 0 Å². The van der Waals surface area contributed by atoms with Crippen molar-refractivity contribution in [3.8, 4) is 21.8 Å². The van der Waals surface area contributed by atoms with Gasteiger partial charge in [-0.2, -0.15) is 0 Å². The number of benzene rings is 2. The Morgan fingerprint density at radius 2 is 1.82 bits per heavy atom. The molecule has 2 heterocycles. The van der Waals surface area contributed by atoms with E-state index in [-0.39, 0.29) is 0 Å². The van der Waals surface area contributed by atoms with Crippen molar-refractivity contribution >= 4 is 33.8 Å². The first-order valence-corrected chi connectivity index (χ1v) is 8.27. The van der Waals surface area contributed by atoms with E-state index in [1.165, 1.54) is 10.9 Å². The summed E-state index contributed by atoms with van der Waals surface area (Å²) in [5, 5.41) is 5.10. The zero-order valence-electron chi connectivity index (χ0n) is 11.9. The second-order valence-electron chi connectivity index (χ2n) is 5.22. The molecule has 2 nitrogen and oxygen atoms in total. The lowest BCUT2D eigenvalue weighted by atomic mass is 10.1. The molecule has 0 atom stereocenters. The monoisotopic (exact) mass is 324 g/mol. The quantitative estimate of drug-likeness (QED) is 0.487. The molecule has 0 amide bonds. The first kappa shape index (κ1) is 13.6. The number of hydrogen-bond acceptors (Lipinski definition) is 2. The zero-order chi connectivity index (χ0) is 15.1. The fourth-order valence-corrected chi connectivity index (χ4v) is 3.76. The van der Waals surface area contributed by atoms with Crippen molar-refractivity contribution in [3.05, 3.63) is 64.6 Å². The van der Waals surface area contributed by atoms with Gasteiger partial charge < -0.3 is 4.98 Å². The first-order chi connectivity index (χ1) is 10.7. The van der Waals surface area contributed by atoms with Gasteiger partial charge in [0.2, 0.25) is 0 Å². The summed E-state index contributed by atoms with van der Waals surface area (Å²) in [4.78, 5) is 8.25. The molecule has 1 N–H and O–H groups in total. The van der Waals surface area contributed by atoms with Gasteiger partial charge in [-0.25, -0.2) is 4.98 Å². The molecule has 0 saturated heterocycles. The van der Waals surface area contributed by atoms with Crippen LogP contribution < -0.4 is 0 Å². The number of H-pyrrole nitrogens is 1. The fraction of sp³-hybridized carbons (Fsp3) is 0.0556. The maximum absolute atomic E-state index is 5.95. The Morgan fingerprint density at radius 1 is 1.05 bits per heavy atom. The van der Waals surface area contributed by atoms with Crippen LogP contribution in [-0.4, -0.2) is 9.97 Å². The van der Waals surface area contributed by atoms with Crippen molar-refractivity contribution in [2.45, 2.75) is 6.92 Å². The summed E-state index contributed by atoms with van der Waals surface area (Å²) in [6.07, 6.45) is 0. The van der Waals surface area contributed by atoms with Gasteiger partial charge in [0, 0.05) is 38.1 Å². The third-order valence-corrected chi connectivity index (χ3v) is 4.86. The Balaban J connectivity index is 1.83. The van der Waals surface area contributed by atoms with Crippen molar-refractivity contribution < 1.29 is 0 Å². The van der Waals surface area contributed by atoms with Crippen LogP contribution in [0.1, 0.15) is 5.69 Å². The van der Waals surface area contributed by atoms with Crippen LogP contribution in [0.15, 0.2) is 53.9 Å². The third-order valence-electron chi connectivity index (χ3n) is 3.75. The molecule has 0 unspecified atom stereocenters. The number of hydrogen-bond donors (Lipinski definition) is 1. The largest absolute Gasteiger partial charge is 0.358 e. The summed E-state index contributed by atoms with van der Waals surface area (Å²) >= 11 is 7.62. The smallest absolute Gasteiger partial charge is 0.126 e. The highest BCUT2D eigenvalue weighted by Crippen LogP contribution is 2.36. The molecule has 0 aliphatic carbocycles. The minimum absolute atomic E-state index is 0.742. The maximum atomic E-state index is 5.95. The average molecular weight is 325 g/mol. The van der Waals surface area contributed by atoms with E-state index >= 15 is 0 Å². The van der Waals surface area contributed by atoms with Gasteiger partial charge in [-0.15, -0.1) is 11.3 Å². The van der Waals surface area contributed by atoms with Crippen LogP contribution in [0.25, 0.3) is 32.7 Å². The van der Waals surface area contributed by atoms with Gasteiger partial charge in [0.05, 0.1) is 5.69 Å². The molecule has 108 valence electrons. The standard InChI is InChI=1S/C18H13ClN2S/c1-11-17(14-4-2-3-5-15(14)20-11)18-21-16(10-22-18)12-6-8-13(19)9-7-12/h2-10,20H,1H3. The Kier molecular flexibility index (Phi) is 3.25. The van der Waals surface area contributed by atoms with Crippen molar-refractivity contribution in [1.82, 2.24) is 9.97 Å². The Labute approximate surface area is 137 Å². The number of halogens is 1. The van der Waals surface area contributed by atoms with Crippen LogP contribution in [0.5, 0.6) is 0 Å². The molecule has 0 fully saturated rings.